The molecule has 1 aromatic carbocycles. The second-order valence-corrected chi connectivity index (χ2v) is 4.70. The van der Waals surface area contributed by atoms with Crippen LogP contribution in [0.5, 0.6) is 0 Å². The van der Waals surface area contributed by atoms with Crippen LogP contribution >= 0.6 is 0 Å². The van der Waals surface area contributed by atoms with Crippen molar-refractivity contribution < 1.29 is 9.53 Å². The third-order valence-corrected chi connectivity index (χ3v) is 3.34. The van der Waals surface area contributed by atoms with Crippen molar-refractivity contribution in [1.82, 2.24) is 0 Å². The number of carbonyl (C=O) groups is 1. The Hall–Kier alpha value is -1.51. The largest absolute Gasteiger partial charge is 0.459 e. The number of esters is 1. The van der Waals surface area contributed by atoms with Crippen LogP contribution < -0.4 is 5.73 Å². The van der Waals surface area contributed by atoms with Gasteiger partial charge in [0.1, 0.15) is 6.10 Å². The minimum Gasteiger partial charge on any atom is -0.459 e. The maximum atomic E-state index is 12.1. The van der Waals surface area contributed by atoms with Gasteiger partial charge >= 0.3 is 5.97 Å². The molecule has 2 rings (SSSR count). The zero-order valence-corrected chi connectivity index (χ0v) is 10.2. The first-order valence-corrected chi connectivity index (χ1v) is 6.24. The third kappa shape index (κ3) is 2.78. The van der Waals surface area contributed by atoms with Gasteiger partial charge in [0, 0.05) is 5.69 Å². The van der Waals surface area contributed by atoms with Crippen LogP contribution in [-0.4, -0.2) is 12.1 Å². The van der Waals surface area contributed by atoms with Crippen molar-refractivity contribution in [1.29, 1.82) is 0 Å². The molecule has 0 spiro atoms. The molecule has 1 saturated carbocycles. The molecule has 0 aromatic heterocycles. The van der Waals surface area contributed by atoms with Crippen molar-refractivity contribution in [2.24, 2.45) is 0 Å². The number of hydrogen-bond acceptors (Lipinski definition) is 3. The predicted octanol–water partition coefficient (Wildman–Crippen LogP) is 3.07. The number of ether oxygens (including phenoxy) is 1. The highest BCUT2D eigenvalue weighted by molar-refractivity contribution is 5.96. The van der Waals surface area contributed by atoms with E-state index >= 15 is 0 Å². The molecule has 0 aliphatic heterocycles. The van der Waals surface area contributed by atoms with Gasteiger partial charge in [-0.2, -0.15) is 0 Å². The molecule has 1 aromatic rings. The SMILES string of the molecule is Cc1cccc(N)c1C(=O)OC1CCCCC1. The van der Waals surface area contributed by atoms with Gasteiger partial charge in [0.2, 0.25) is 0 Å². The summed E-state index contributed by atoms with van der Waals surface area (Å²) in [6, 6.07) is 5.47. The van der Waals surface area contributed by atoms with E-state index < -0.39 is 0 Å². The van der Waals surface area contributed by atoms with E-state index in [0.717, 1.165) is 31.2 Å². The van der Waals surface area contributed by atoms with E-state index in [4.69, 9.17) is 10.5 Å². The lowest BCUT2D eigenvalue weighted by molar-refractivity contribution is 0.0211. The summed E-state index contributed by atoms with van der Waals surface area (Å²) >= 11 is 0. The molecule has 0 amide bonds. The normalized spacial score (nSPS) is 16.8. The van der Waals surface area contributed by atoms with E-state index in [-0.39, 0.29) is 12.1 Å². The minimum absolute atomic E-state index is 0.0789. The van der Waals surface area contributed by atoms with Crippen molar-refractivity contribution in [2.75, 3.05) is 5.73 Å². The highest BCUT2D eigenvalue weighted by atomic mass is 16.5. The predicted molar refractivity (Wildman–Crippen MR) is 67.9 cm³/mol. The molecule has 3 nitrogen and oxygen atoms in total. The lowest BCUT2D eigenvalue weighted by atomic mass is 9.97. The fraction of sp³-hybridized carbons (Fsp3) is 0.500. The Kier molecular flexibility index (Phi) is 3.67. The van der Waals surface area contributed by atoms with Crippen molar-refractivity contribution in [3.05, 3.63) is 29.3 Å². The van der Waals surface area contributed by atoms with Gasteiger partial charge in [-0.05, 0) is 44.2 Å². The molecule has 3 heteroatoms. The fourth-order valence-electron chi connectivity index (χ4n) is 2.36. The Morgan fingerprint density at radius 2 is 2.00 bits per heavy atom. The number of benzene rings is 1. The highest BCUT2D eigenvalue weighted by Crippen LogP contribution is 2.23. The van der Waals surface area contributed by atoms with E-state index in [1.54, 1.807) is 6.07 Å². The molecule has 1 aliphatic rings. The van der Waals surface area contributed by atoms with Crippen molar-refractivity contribution in [2.45, 2.75) is 45.1 Å². The Bertz CT molecular complexity index is 388. The summed E-state index contributed by atoms with van der Waals surface area (Å²) in [6.45, 7) is 1.88. The zero-order valence-electron chi connectivity index (χ0n) is 10.2. The molecule has 1 aliphatic carbocycles. The molecule has 0 radical (unpaired) electrons. The molecule has 1 fully saturated rings. The number of hydrogen-bond donors (Lipinski definition) is 1. The Labute approximate surface area is 102 Å². The van der Waals surface area contributed by atoms with Gasteiger partial charge in [0.15, 0.2) is 0 Å². The van der Waals surface area contributed by atoms with Crippen LogP contribution in [0.2, 0.25) is 0 Å². The van der Waals surface area contributed by atoms with Crippen LogP contribution in [0, 0.1) is 6.92 Å². The number of anilines is 1. The van der Waals surface area contributed by atoms with E-state index in [1.165, 1.54) is 6.42 Å². The summed E-state index contributed by atoms with van der Waals surface area (Å²) in [6.07, 6.45) is 5.60. The molecule has 0 saturated heterocycles. The molecule has 92 valence electrons. The van der Waals surface area contributed by atoms with Gasteiger partial charge in [-0.15, -0.1) is 0 Å². The van der Waals surface area contributed by atoms with Crippen LogP contribution in [-0.2, 0) is 4.74 Å². The standard InChI is InChI=1S/C14H19NO2/c1-10-6-5-9-12(15)13(10)14(16)17-11-7-3-2-4-8-11/h5-6,9,11H,2-4,7-8,15H2,1H3. The maximum Gasteiger partial charge on any atom is 0.340 e. The molecule has 0 bridgehead atoms. The molecule has 2 N–H and O–H groups in total. The Morgan fingerprint density at radius 3 is 2.65 bits per heavy atom. The average molecular weight is 233 g/mol. The maximum absolute atomic E-state index is 12.1. The first kappa shape index (κ1) is 12.0. The number of nitrogens with two attached hydrogens (primary N) is 1. The van der Waals surface area contributed by atoms with Crippen LogP contribution in [0.15, 0.2) is 18.2 Å². The van der Waals surface area contributed by atoms with Gasteiger partial charge in [0.25, 0.3) is 0 Å². The second kappa shape index (κ2) is 5.21. The van der Waals surface area contributed by atoms with E-state index in [9.17, 15) is 4.79 Å². The average Bonchev–Trinajstić information content (AvgIpc) is 2.30. The summed E-state index contributed by atoms with van der Waals surface area (Å²) in [4.78, 5) is 12.1. The van der Waals surface area contributed by atoms with Gasteiger partial charge in [-0.3, -0.25) is 0 Å². The van der Waals surface area contributed by atoms with Gasteiger partial charge in [-0.25, -0.2) is 4.79 Å². The lowest BCUT2D eigenvalue weighted by Crippen LogP contribution is -2.22. The number of aryl methyl sites for hydroxylation is 1. The zero-order chi connectivity index (χ0) is 12.3. The van der Waals surface area contributed by atoms with Crippen LogP contribution in [0.4, 0.5) is 5.69 Å². The fourth-order valence-corrected chi connectivity index (χ4v) is 2.36. The summed E-state index contributed by atoms with van der Waals surface area (Å²) in [5.41, 5.74) is 7.74. The Morgan fingerprint density at radius 1 is 1.29 bits per heavy atom. The summed E-state index contributed by atoms with van der Waals surface area (Å²) in [5, 5.41) is 0. The van der Waals surface area contributed by atoms with Crippen LogP contribution in [0.1, 0.15) is 48.0 Å². The van der Waals surface area contributed by atoms with E-state index in [2.05, 4.69) is 0 Å². The molecular weight excluding hydrogens is 214 g/mol. The molecule has 0 heterocycles. The van der Waals surface area contributed by atoms with Gasteiger partial charge < -0.3 is 10.5 Å². The van der Waals surface area contributed by atoms with Crippen LogP contribution in [0.3, 0.4) is 0 Å². The number of carbonyl (C=O) groups excluding carboxylic acids is 1. The van der Waals surface area contributed by atoms with Crippen LogP contribution in [0.25, 0.3) is 0 Å². The van der Waals surface area contributed by atoms with E-state index in [1.807, 2.05) is 19.1 Å². The first-order chi connectivity index (χ1) is 8.18. The smallest absolute Gasteiger partial charge is 0.340 e. The quantitative estimate of drug-likeness (QED) is 0.631. The van der Waals surface area contributed by atoms with E-state index in [0.29, 0.717) is 11.3 Å². The number of nitrogen functional groups attached to an aromatic ring is 1. The van der Waals surface area contributed by atoms with Gasteiger partial charge in [0.05, 0.1) is 5.56 Å². The van der Waals surface area contributed by atoms with Crippen molar-refractivity contribution >= 4 is 11.7 Å². The highest BCUT2D eigenvalue weighted by Gasteiger charge is 2.21. The van der Waals surface area contributed by atoms with Crippen molar-refractivity contribution in [3.8, 4) is 0 Å². The lowest BCUT2D eigenvalue weighted by Gasteiger charge is -2.22. The van der Waals surface area contributed by atoms with Crippen molar-refractivity contribution in [3.63, 3.8) is 0 Å². The molecule has 17 heavy (non-hydrogen) atoms. The van der Waals surface area contributed by atoms with Gasteiger partial charge in [-0.1, -0.05) is 18.6 Å². The molecule has 0 unspecified atom stereocenters. The Balaban J connectivity index is 2.08. The topological polar surface area (TPSA) is 52.3 Å². The third-order valence-electron chi connectivity index (χ3n) is 3.34. The number of rotatable bonds is 2. The molecule has 0 atom stereocenters. The molecular formula is C14H19NO2. The minimum atomic E-state index is -0.271. The summed E-state index contributed by atoms with van der Waals surface area (Å²) in [7, 11) is 0. The first-order valence-electron chi connectivity index (χ1n) is 6.24. The second-order valence-electron chi connectivity index (χ2n) is 4.70. The summed E-state index contributed by atoms with van der Waals surface area (Å²) in [5.74, 6) is -0.271. The summed E-state index contributed by atoms with van der Waals surface area (Å²) < 4.78 is 5.52. The monoisotopic (exact) mass is 233 g/mol.